The van der Waals surface area contributed by atoms with Crippen LogP contribution in [0.1, 0.15) is 5.82 Å². The summed E-state index contributed by atoms with van der Waals surface area (Å²) in [4.78, 5) is 4.52. The number of rotatable bonds is 3. The summed E-state index contributed by atoms with van der Waals surface area (Å²) in [5, 5.41) is 0.531. The van der Waals surface area contributed by atoms with Crippen molar-refractivity contribution in [2.24, 2.45) is 0 Å². The number of aromatic nitrogens is 2. The number of benzene rings is 2. The summed E-state index contributed by atoms with van der Waals surface area (Å²) >= 11 is 15.4. The summed E-state index contributed by atoms with van der Waals surface area (Å²) in [5.74, 6) is 0.743. The van der Waals surface area contributed by atoms with Crippen LogP contribution in [0.25, 0.3) is 16.7 Å². The van der Waals surface area contributed by atoms with Gasteiger partial charge < -0.3 is 0 Å². The van der Waals surface area contributed by atoms with Crippen molar-refractivity contribution in [3.63, 3.8) is 0 Å². The number of aryl methyl sites for hydroxylation is 1. The summed E-state index contributed by atoms with van der Waals surface area (Å²) in [6.07, 6.45) is 0.530. The highest BCUT2D eigenvalue weighted by Crippen LogP contribution is 2.30. The van der Waals surface area contributed by atoms with Crippen LogP contribution in [0.2, 0.25) is 5.02 Å². The van der Waals surface area contributed by atoms with Gasteiger partial charge in [-0.2, -0.15) is 0 Å². The third-order valence-electron chi connectivity index (χ3n) is 3.17. The Hall–Kier alpha value is -1.10. The molecular weight excluding hydrogens is 378 g/mol. The van der Waals surface area contributed by atoms with Gasteiger partial charge in [-0.05, 0) is 30.3 Å². The van der Waals surface area contributed by atoms with Gasteiger partial charge in [-0.25, -0.2) is 9.37 Å². The van der Waals surface area contributed by atoms with E-state index in [-0.39, 0.29) is 5.82 Å². The molecule has 0 N–H and O–H groups in total. The van der Waals surface area contributed by atoms with Crippen molar-refractivity contribution in [3.05, 3.63) is 57.5 Å². The quantitative estimate of drug-likeness (QED) is 0.553. The predicted octanol–water partition coefficient (Wildman–Crippen LogP) is 5.36. The molecule has 0 aliphatic heterocycles. The molecule has 0 bridgehead atoms. The SMILES string of the molecule is Fc1cc(Br)ccc1-n1c(CCCl)nc2cccc(Cl)c21. The molecule has 0 amide bonds. The first kappa shape index (κ1) is 14.8. The molecule has 1 aromatic heterocycles. The van der Waals surface area contributed by atoms with Gasteiger partial charge in [0.2, 0.25) is 0 Å². The first-order valence-electron chi connectivity index (χ1n) is 6.29. The molecule has 0 unspecified atom stereocenters. The number of fused-ring (bicyclic) bond motifs is 1. The minimum Gasteiger partial charge on any atom is -0.292 e. The van der Waals surface area contributed by atoms with Gasteiger partial charge in [0.15, 0.2) is 0 Å². The fraction of sp³-hybridized carbons (Fsp3) is 0.133. The van der Waals surface area contributed by atoms with Gasteiger partial charge in [0, 0.05) is 16.8 Å². The van der Waals surface area contributed by atoms with Gasteiger partial charge in [-0.1, -0.05) is 33.6 Å². The zero-order valence-corrected chi connectivity index (χ0v) is 13.9. The Bertz CT molecular complexity index is 817. The molecule has 3 rings (SSSR count). The van der Waals surface area contributed by atoms with Crippen LogP contribution in [0.4, 0.5) is 4.39 Å². The van der Waals surface area contributed by atoms with Crippen LogP contribution >= 0.6 is 39.1 Å². The lowest BCUT2D eigenvalue weighted by Gasteiger charge is -2.11. The summed E-state index contributed by atoms with van der Waals surface area (Å²) in [7, 11) is 0. The number of nitrogens with zero attached hydrogens (tertiary/aromatic N) is 2. The number of halogens is 4. The lowest BCUT2D eigenvalue weighted by atomic mass is 10.2. The van der Waals surface area contributed by atoms with Crippen LogP contribution in [-0.4, -0.2) is 15.4 Å². The Labute approximate surface area is 139 Å². The van der Waals surface area contributed by atoms with Gasteiger partial charge in [0.1, 0.15) is 11.6 Å². The number of para-hydroxylation sites is 1. The molecular formula is C15H10BrCl2FN2. The number of imidazole rings is 1. The topological polar surface area (TPSA) is 17.8 Å². The lowest BCUT2D eigenvalue weighted by Crippen LogP contribution is -2.04. The molecule has 0 aliphatic rings. The highest BCUT2D eigenvalue weighted by molar-refractivity contribution is 9.10. The van der Waals surface area contributed by atoms with Gasteiger partial charge >= 0.3 is 0 Å². The summed E-state index contributed by atoms with van der Waals surface area (Å²) < 4.78 is 16.8. The van der Waals surface area contributed by atoms with Crippen molar-refractivity contribution in [1.29, 1.82) is 0 Å². The average molecular weight is 388 g/mol. The van der Waals surface area contributed by atoms with E-state index in [1.54, 1.807) is 22.8 Å². The Balaban J connectivity index is 2.35. The van der Waals surface area contributed by atoms with Crippen LogP contribution < -0.4 is 0 Å². The van der Waals surface area contributed by atoms with E-state index in [0.29, 0.717) is 38.8 Å². The fourth-order valence-electron chi connectivity index (χ4n) is 2.31. The first-order chi connectivity index (χ1) is 10.1. The largest absolute Gasteiger partial charge is 0.292 e. The third kappa shape index (κ3) is 2.68. The van der Waals surface area contributed by atoms with Crippen molar-refractivity contribution < 1.29 is 4.39 Å². The number of hydrogen-bond acceptors (Lipinski definition) is 1. The average Bonchev–Trinajstić information content (AvgIpc) is 2.79. The van der Waals surface area contributed by atoms with Crippen molar-refractivity contribution in [1.82, 2.24) is 9.55 Å². The van der Waals surface area contributed by atoms with E-state index in [4.69, 9.17) is 23.2 Å². The van der Waals surface area contributed by atoms with E-state index in [9.17, 15) is 4.39 Å². The van der Waals surface area contributed by atoms with Crippen LogP contribution in [0.15, 0.2) is 40.9 Å². The highest BCUT2D eigenvalue weighted by atomic mass is 79.9. The molecule has 1 heterocycles. The van der Waals surface area contributed by atoms with Crippen molar-refractivity contribution in [2.45, 2.75) is 6.42 Å². The van der Waals surface area contributed by atoms with Crippen molar-refractivity contribution in [3.8, 4) is 5.69 Å². The molecule has 0 radical (unpaired) electrons. The monoisotopic (exact) mass is 386 g/mol. The maximum absolute atomic E-state index is 14.3. The number of alkyl halides is 1. The summed E-state index contributed by atoms with van der Waals surface area (Å²) in [5.41, 5.74) is 1.83. The third-order valence-corrected chi connectivity index (χ3v) is 4.15. The number of hydrogen-bond donors (Lipinski definition) is 0. The molecule has 0 spiro atoms. The van der Waals surface area contributed by atoms with E-state index >= 15 is 0 Å². The van der Waals surface area contributed by atoms with Crippen molar-refractivity contribution in [2.75, 3.05) is 5.88 Å². The minimum absolute atomic E-state index is 0.348. The maximum atomic E-state index is 14.3. The van der Waals surface area contributed by atoms with Crippen LogP contribution in [0.5, 0.6) is 0 Å². The molecule has 2 aromatic carbocycles. The van der Waals surface area contributed by atoms with E-state index in [0.717, 1.165) is 5.52 Å². The Morgan fingerprint density at radius 2 is 2.05 bits per heavy atom. The van der Waals surface area contributed by atoms with Gasteiger partial charge in [0.25, 0.3) is 0 Å². The second kappa shape index (κ2) is 5.95. The minimum atomic E-state index is -0.348. The molecule has 6 heteroatoms. The Morgan fingerprint density at radius 1 is 1.24 bits per heavy atom. The zero-order valence-electron chi connectivity index (χ0n) is 10.8. The van der Waals surface area contributed by atoms with E-state index < -0.39 is 0 Å². The molecule has 108 valence electrons. The highest BCUT2D eigenvalue weighted by Gasteiger charge is 2.17. The zero-order chi connectivity index (χ0) is 15.0. The molecule has 0 fully saturated rings. The van der Waals surface area contributed by atoms with Crippen molar-refractivity contribution >= 4 is 50.2 Å². The molecule has 0 atom stereocenters. The Morgan fingerprint density at radius 3 is 2.76 bits per heavy atom. The maximum Gasteiger partial charge on any atom is 0.148 e. The van der Waals surface area contributed by atoms with Crippen LogP contribution in [0, 0.1) is 5.82 Å². The smallest absolute Gasteiger partial charge is 0.148 e. The molecule has 0 saturated carbocycles. The predicted molar refractivity (Wildman–Crippen MR) is 88.2 cm³/mol. The summed E-state index contributed by atoms with van der Waals surface area (Å²) in [6, 6.07) is 10.3. The van der Waals surface area contributed by atoms with E-state index in [1.807, 2.05) is 12.1 Å². The summed E-state index contributed by atoms with van der Waals surface area (Å²) in [6.45, 7) is 0. The standard InChI is InChI=1S/C15H10BrCl2FN2/c16-9-4-5-13(11(19)8-9)21-14(6-7-17)20-12-3-1-2-10(18)15(12)21/h1-5,8H,6-7H2. The molecule has 2 nitrogen and oxygen atoms in total. The fourth-order valence-corrected chi connectivity index (χ4v) is 3.06. The molecule has 21 heavy (non-hydrogen) atoms. The molecule has 0 aliphatic carbocycles. The van der Waals surface area contributed by atoms with E-state index in [2.05, 4.69) is 20.9 Å². The van der Waals surface area contributed by atoms with Gasteiger partial charge in [-0.3, -0.25) is 4.57 Å². The first-order valence-corrected chi connectivity index (χ1v) is 7.99. The van der Waals surface area contributed by atoms with E-state index in [1.165, 1.54) is 6.07 Å². The van der Waals surface area contributed by atoms with Crippen LogP contribution in [-0.2, 0) is 6.42 Å². The van der Waals surface area contributed by atoms with Gasteiger partial charge in [0.05, 0.1) is 21.7 Å². The lowest BCUT2D eigenvalue weighted by molar-refractivity contribution is 0.616. The normalized spacial score (nSPS) is 11.2. The van der Waals surface area contributed by atoms with Crippen LogP contribution in [0.3, 0.4) is 0 Å². The second-order valence-electron chi connectivity index (χ2n) is 4.51. The Kier molecular flexibility index (Phi) is 4.20. The molecule has 3 aromatic rings. The van der Waals surface area contributed by atoms with Gasteiger partial charge in [-0.15, -0.1) is 11.6 Å². The molecule has 0 saturated heterocycles. The second-order valence-corrected chi connectivity index (χ2v) is 6.21.